The zero-order valence-corrected chi connectivity index (χ0v) is 17.7. The van der Waals surface area contributed by atoms with Crippen LogP contribution in [0.4, 0.5) is 0 Å². The molecule has 1 aliphatic carbocycles. The van der Waals surface area contributed by atoms with Gasteiger partial charge in [0.1, 0.15) is 23.2 Å². The number of nitrogens with zero attached hydrogens (tertiary/aromatic N) is 1. The van der Waals surface area contributed by atoms with E-state index >= 15 is 0 Å². The molecular weight excluding hydrogens is 350 g/mol. The van der Waals surface area contributed by atoms with Crippen molar-refractivity contribution in [3.8, 4) is 17.6 Å². The van der Waals surface area contributed by atoms with E-state index in [-0.39, 0.29) is 16.9 Å². The van der Waals surface area contributed by atoms with Crippen molar-refractivity contribution in [3.05, 3.63) is 34.9 Å². The van der Waals surface area contributed by atoms with Crippen molar-refractivity contribution < 1.29 is 14.9 Å². The molecule has 0 radical (unpaired) electrons. The molecule has 0 saturated heterocycles. The standard InChI is InChI=1S/C24H33NO3/c1-15-8-9-19-18(11-15)22-20(27)12-16(13-21(22)28-24(19,4)5)23(2,3)10-6-7-17(26)14-25/h8,12-13,17-19,26-27H,6-7,9-11H2,1-5H3/t17?,18-,19-/m1/s1. The van der Waals surface area contributed by atoms with Crippen molar-refractivity contribution in [1.29, 1.82) is 5.26 Å². The van der Waals surface area contributed by atoms with E-state index in [0.29, 0.717) is 18.1 Å². The molecule has 0 amide bonds. The zero-order valence-electron chi connectivity index (χ0n) is 17.7. The van der Waals surface area contributed by atoms with Crippen LogP contribution >= 0.6 is 0 Å². The highest BCUT2D eigenvalue weighted by Gasteiger charge is 2.46. The number of hydrogen-bond donors (Lipinski definition) is 2. The monoisotopic (exact) mass is 383 g/mol. The van der Waals surface area contributed by atoms with E-state index in [4.69, 9.17) is 10.00 Å². The van der Waals surface area contributed by atoms with Crippen molar-refractivity contribution >= 4 is 0 Å². The Labute approximate surface area is 168 Å². The van der Waals surface area contributed by atoms with Crippen LogP contribution in [0.2, 0.25) is 0 Å². The average Bonchev–Trinajstić information content (AvgIpc) is 2.59. The topological polar surface area (TPSA) is 73.5 Å². The molecule has 0 spiro atoms. The van der Waals surface area contributed by atoms with Gasteiger partial charge in [0.25, 0.3) is 0 Å². The van der Waals surface area contributed by atoms with Gasteiger partial charge in [-0.2, -0.15) is 5.26 Å². The molecule has 4 nitrogen and oxygen atoms in total. The second-order valence-electron chi connectivity index (χ2n) is 9.74. The van der Waals surface area contributed by atoms with Gasteiger partial charge >= 0.3 is 0 Å². The molecule has 1 aromatic rings. The van der Waals surface area contributed by atoms with Crippen molar-refractivity contribution in [2.24, 2.45) is 5.92 Å². The first kappa shape index (κ1) is 20.7. The number of ether oxygens (including phenoxy) is 1. The van der Waals surface area contributed by atoms with Crippen LogP contribution in [-0.2, 0) is 5.41 Å². The lowest BCUT2D eigenvalue weighted by Crippen LogP contribution is -2.45. The van der Waals surface area contributed by atoms with Crippen LogP contribution in [-0.4, -0.2) is 21.9 Å². The van der Waals surface area contributed by atoms with E-state index in [1.165, 1.54) is 5.57 Å². The lowest BCUT2D eigenvalue weighted by Gasteiger charge is -2.47. The van der Waals surface area contributed by atoms with E-state index in [1.54, 1.807) is 0 Å². The number of aromatic hydroxyl groups is 1. The molecule has 1 heterocycles. The summed E-state index contributed by atoms with van der Waals surface area (Å²) in [5, 5.41) is 29.2. The van der Waals surface area contributed by atoms with Crippen LogP contribution in [0.1, 0.15) is 83.8 Å². The minimum atomic E-state index is -0.906. The number of aliphatic hydroxyl groups excluding tert-OH is 1. The van der Waals surface area contributed by atoms with E-state index in [2.05, 4.69) is 46.8 Å². The van der Waals surface area contributed by atoms with Gasteiger partial charge in [-0.05, 0) is 76.0 Å². The number of phenolic OH excluding ortho intramolecular Hbond substituents is 1. The predicted octanol–water partition coefficient (Wildman–Crippen LogP) is 5.34. The third-order valence-corrected chi connectivity index (χ3v) is 6.71. The summed E-state index contributed by atoms with van der Waals surface area (Å²) in [5.74, 6) is 1.78. The van der Waals surface area contributed by atoms with Crippen LogP contribution in [0, 0.1) is 17.2 Å². The first-order valence-corrected chi connectivity index (χ1v) is 10.3. The Bertz CT molecular complexity index is 816. The number of benzene rings is 1. The molecule has 4 heteroatoms. The maximum absolute atomic E-state index is 11.0. The van der Waals surface area contributed by atoms with Gasteiger partial charge in [-0.3, -0.25) is 0 Å². The van der Waals surface area contributed by atoms with E-state index in [1.807, 2.05) is 12.1 Å². The number of phenols is 1. The minimum Gasteiger partial charge on any atom is -0.508 e. The summed E-state index contributed by atoms with van der Waals surface area (Å²) in [5.41, 5.74) is 2.91. The first-order valence-electron chi connectivity index (χ1n) is 10.3. The summed E-state index contributed by atoms with van der Waals surface area (Å²) in [6.45, 7) is 10.7. The summed E-state index contributed by atoms with van der Waals surface area (Å²) < 4.78 is 6.43. The molecule has 0 fully saturated rings. The van der Waals surface area contributed by atoms with Crippen molar-refractivity contribution in [2.45, 2.75) is 89.8 Å². The number of fused-ring (bicyclic) bond motifs is 3. The highest BCUT2D eigenvalue weighted by molar-refractivity contribution is 5.54. The zero-order chi connectivity index (χ0) is 20.7. The lowest BCUT2D eigenvalue weighted by atomic mass is 9.66. The third-order valence-electron chi connectivity index (χ3n) is 6.71. The third kappa shape index (κ3) is 3.91. The van der Waals surface area contributed by atoms with Crippen molar-refractivity contribution in [3.63, 3.8) is 0 Å². The molecule has 0 saturated carbocycles. The Kier molecular flexibility index (Phi) is 5.51. The summed E-state index contributed by atoms with van der Waals surface area (Å²) in [7, 11) is 0. The van der Waals surface area contributed by atoms with Crippen LogP contribution in [0.15, 0.2) is 23.8 Å². The van der Waals surface area contributed by atoms with Crippen LogP contribution in [0.5, 0.6) is 11.5 Å². The second-order valence-corrected chi connectivity index (χ2v) is 9.74. The maximum atomic E-state index is 11.0. The molecule has 2 aliphatic rings. The van der Waals surface area contributed by atoms with E-state index in [0.717, 1.165) is 42.6 Å². The number of allylic oxidation sites excluding steroid dienone is 2. The SMILES string of the molecule is CC1=CC[C@@H]2[C@@H](C1)c1c(O)cc(C(C)(C)CCCC(O)C#N)cc1OC2(C)C. The number of aliphatic hydroxyl groups is 1. The smallest absolute Gasteiger partial charge is 0.140 e. The summed E-state index contributed by atoms with van der Waals surface area (Å²) >= 11 is 0. The van der Waals surface area contributed by atoms with Crippen molar-refractivity contribution in [1.82, 2.24) is 0 Å². The predicted molar refractivity (Wildman–Crippen MR) is 111 cm³/mol. The fourth-order valence-corrected chi connectivity index (χ4v) is 4.90. The minimum absolute atomic E-state index is 0.186. The second kappa shape index (κ2) is 7.44. The van der Waals surface area contributed by atoms with Gasteiger partial charge < -0.3 is 14.9 Å². The van der Waals surface area contributed by atoms with E-state index in [9.17, 15) is 10.2 Å². The molecule has 0 aromatic heterocycles. The summed E-state index contributed by atoms with van der Waals surface area (Å²) in [6.07, 6.45) is 5.39. The molecular formula is C24H33NO3. The number of rotatable bonds is 5. The Morgan fingerprint density at radius 3 is 2.75 bits per heavy atom. The normalized spacial score (nSPS) is 24.2. The van der Waals surface area contributed by atoms with Gasteiger partial charge in [-0.25, -0.2) is 0 Å². The van der Waals surface area contributed by atoms with Crippen molar-refractivity contribution in [2.75, 3.05) is 0 Å². The van der Waals surface area contributed by atoms with Crippen LogP contribution in [0.25, 0.3) is 0 Å². The Hall–Kier alpha value is -1.99. The molecule has 152 valence electrons. The molecule has 28 heavy (non-hydrogen) atoms. The van der Waals surface area contributed by atoms with Gasteiger partial charge in [0.2, 0.25) is 0 Å². The molecule has 1 aliphatic heterocycles. The molecule has 3 atom stereocenters. The lowest BCUT2D eigenvalue weighted by molar-refractivity contribution is 0.00741. The van der Waals surface area contributed by atoms with Gasteiger partial charge in [0.05, 0.1) is 6.07 Å². The molecule has 3 rings (SSSR count). The van der Waals surface area contributed by atoms with Crippen LogP contribution < -0.4 is 4.74 Å². The highest BCUT2D eigenvalue weighted by atomic mass is 16.5. The fourth-order valence-electron chi connectivity index (χ4n) is 4.90. The molecule has 1 unspecified atom stereocenters. The van der Waals surface area contributed by atoms with Gasteiger partial charge in [-0.15, -0.1) is 0 Å². The quantitative estimate of drug-likeness (QED) is 0.532. The summed E-state index contributed by atoms with van der Waals surface area (Å²) in [6, 6.07) is 5.86. The van der Waals surface area contributed by atoms with Gasteiger partial charge in [-0.1, -0.05) is 25.5 Å². The first-order chi connectivity index (χ1) is 13.0. The van der Waals surface area contributed by atoms with Crippen LogP contribution in [0.3, 0.4) is 0 Å². The Balaban J connectivity index is 1.92. The van der Waals surface area contributed by atoms with E-state index < -0.39 is 6.10 Å². The van der Waals surface area contributed by atoms with Gasteiger partial charge in [0.15, 0.2) is 0 Å². The number of hydrogen-bond acceptors (Lipinski definition) is 4. The largest absolute Gasteiger partial charge is 0.508 e. The highest BCUT2D eigenvalue weighted by Crippen LogP contribution is 2.54. The summed E-state index contributed by atoms with van der Waals surface area (Å²) in [4.78, 5) is 0. The average molecular weight is 384 g/mol. The Morgan fingerprint density at radius 2 is 2.07 bits per heavy atom. The van der Waals surface area contributed by atoms with Gasteiger partial charge in [0, 0.05) is 17.4 Å². The number of nitriles is 1. The molecule has 2 N–H and O–H groups in total. The fraction of sp³-hybridized carbons (Fsp3) is 0.625. The molecule has 1 aromatic carbocycles. The molecule has 0 bridgehead atoms. The Morgan fingerprint density at radius 1 is 1.36 bits per heavy atom. The maximum Gasteiger partial charge on any atom is 0.140 e.